The van der Waals surface area contributed by atoms with Crippen LogP contribution in [0.5, 0.6) is 0 Å². The highest BCUT2D eigenvalue weighted by Gasteiger charge is 2.41. The lowest BCUT2D eigenvalue weighted by molar-refractivity contribution is 0.0897. The van der Waals surface area contributed by atoms with Gasteiger partial charge in [-0.05, 0) is 37.8 Å². The minimum Gasteiger partial charge on any atom is -0.345 e. The van der Waals surface area contributed by atoms with Crippen LogP contribution in [0.25, 0.3) is 5.65 Å². The number of nitrogens with two attached hydrogens (primary N) is 1. The van der Waals surface area contributed by atoms with Crippen molar-refractivity contribution in [2.75, 3.05) is 6.54 Å². The van der Waals surface area contributed by atoms with Crippen molar-refractivity contribution in [3.05, 3.63) is 36.3 Å². The number of rotatable bonds is 4. The minimum atomic E-state index is -0.291. The average Bonchev–Trinajstić information content (AvgIpc) is 3.17. The lowest BCUT2D eigenvalue weighted by Gasteiger charge is -2.29. The highest BCUT2D eigenvalue weighted by molar-refractivity contribution is 5.94. The topological polar surface area (TPSA) is 72.4 Å². The Morgan fingerprint density at radius 2 is 2.37 bits per heavy atom. The summed E-state index contributed by atoms with van der Waals surface area (Å²) in [6.07, 6.45) is 7.63. The van der Waals surface area contributed by atoms with Crippen LogP contribution >= 0.6 is 0 Å². The van der Waals surface area contributed by atoms with Crippen LogP contribution in [0.3, 0.4) is 0 Å². The largest absolute Gasteiger partial charge is 0.345 e. The number of imidazole rings is 1. The second-order valence-corrected chi connectivity index (χ2v) is 5.46. The van der Waals surface area contributed by atoms with E-state index in [0.29, 0.717) is 18.0 Å². The van der Waals surface area contributed by atoms with Gasteiger partial charge in [0, 0.05) is 25.1 Å². The molecular weight excluding hydrogens is 240 g/mol. The Kier molecular flexibility index (Phi) is 2.78. The Hall–Kier alpha value is -1.88. The normalized spacial score (nSPS) is 18.2. The molecule has 2 aromatic heterocycles. The van der Waals surface area contributed by atoms with Gasteiger partial charge in [-0.2, -0.15) is 0 Å². The first-order valence-corrected chi connectivity index (χ1v) is 6.58. The fraction of sp³-hybridized carbons (Fsp3) is 0.429. The maximum absolute atomic E-state index is 12.3. The molecule has 0 spiro atoms. The predicted octanol–water partition coefficient (Wildman–Crippen LogP) is 1.19. The summed E-state index contributed by atoms with van der Waals surface area (Å²) in [4.78, 5) is 16.5. The third kappa shape index (κ3) is 2.21. The van der Waals surface area contributed by atoms with E-state index in [2.05, 4.69) is 10.3 Å². The van der Waals surface area contributed by atoms with Crippen molar-refractivity contribution < 1.29 is 4.79 Å². The van der Waals surface area contributed by atoms with Crippen molar-refractivity contribution in [3.63, 3.8) is 0 Å². The number of hydrogen-bond acceptors (Lipinski definition) is 3. The number of fused-ring (bicyclic) bond motifs is 1. The lowest BCUT2D eigenvalue weighted by Crippen LogP contribution is -2.53. The maximum Gasteiger partial charge on any atom is 0.253 e. The summed E-state index contributed by atoms with van der Waals surface area (Å²) >= 11 is 0. The molecule has 1 aliphatic rings. The van der Waals surface area contributed by atoms with Crippen molar-refractivity contribution in [2.24, 2.45) is 11.7 Å². The number of amides is 1. The average molecular weight is 258 g/mol. The second kappa shape index (κ2) is 4.35. The molecular formula is C14H18N4O. The molecule has 0 bridgehead atoms. The van der Waals surface area contributed by atoms with Crippen LogP contribution in [0.1, 0.15) is 30.1 Å². The molecule has 0 aliphatic heterocycles. The van der Waals surface area contributed by atoms with Gasteiger partial charge in [0.25, 0.3) is 5.91 Å². The van der Waals surface area contributed by atoms with Gasteiger partial charge >= 0.3 is 0 Å². The third-order valence-corrected chi connectivity index (χ3v) is 3.95. The van der Waals surface area contributed by atoms with Gasteiger partial charge in [0.2, 0.25) is 0 Å². The molecule has 1 fully saturated rings. The smallest absolute Gasteiger partial charge is 0.253 e. The van der Waals surface area contributed by atoms with Crippen molar-refractivity contribution in [3.8, 4) is 0 Å². The van der Waals surface area contributed by atoms with Gasteiger partial charge < -0.3 is 15.5 Å². The van der Waals surface area contributed by atoms with Gasteiger partial charge in [-0.15, -0.1) is 0 Å². The Morgan fingerprint density at radius 1 is 1.58 bits per heavy atom. The molecule has 1 aliphatic carbocycles. The number of nitrogens with one attached hydrogen (secondary N) is 1. The summed E-state index contributed by atoms with van der Waals surface area (Å²) in [7, 11) is 0. The van der Waals surface area contributed by atoms with Crippen molar-refractivity contribution in [1.82, 2.24) is 14.7 Å². The van der Waals surface area contributed by atoms with Gasteiger partial charge in [-0.25, -0.2) is 4.98 Å². The van der Waals surface area contributed by atoms with E-state index in [4.69, 9.17) is 5.73 Å². The van der Waals surface area contributed by atoms with Gasteiger partial charge in [0.1, 0.15) is 5.65 Å². The first kappa shape index (κ1) is 12.2. The number of carbonyl (C=O) groups excluding carboxylic acids is 1. The molecule has 5 nitrogen and oxygen atoms in total. The predicted molar refractivity (Wildman–Crippen MR) is 72.8 cm³/mol. The third-order valence-electron chi connectivity index (χ3n) is 3.95. The Labute approximate surface area is 111 Å². The molecule has 2 heterocycles. The first-order chi connectivity index (χ1) is 9.12. The molecule has 3 rings (SSSR count). The maximum atomic E-state index is 12.3. The summed E-state index contributed by atoms with van der Waals surface area (Å²) in [6.45, 7) is 2.50. The van der Waals surface area contributed by atoms with Crippen LogP contribution in [0.15, 0.2) is 30.7 Å². The number of nitrogens with zero attached hydrogens (tertiary/aromatic N) is 2. The zero-order valence-corrected chi connectivity index (χ0v) is 11.0. The Balaban J connectivity index is 1.82. The quantitative estimate of drug-likeness (QED) is 0.865. The summed E-state index contributed by atoms with van der Waals surface area (Å²) in [5, 5.41) is 3.08. The lowest BCUT2D eigenvalue weighted by atomic mass is 9.95. The molecule has 19 heavy (non-hydrogen) atoms. The molecule has 100 valence electrons. The van der Waals surface area contributed by atoms with Crippen LogP contribution in [0, 0.1) is 5.92 Å². The van der Waals surface area contributed by atoms with E-state index in [1.54, 1.807) is 18.5 Å². The first-order valence-electron chi connectivity index (χ1n) is 6.58. The molecule has 2 aromatic rings. The van der Waals surface area contributed by atoms with Gasteiger partial charge in [-0.1, -0.05) is 0 Å². The van der Waals surface area contributed by atoms with E-state index in [1.807, 2.05) is 23.6 Å². The summed E-state index contributed by atoms with van der Waals surface area (Å²) < 4.78 is 1.84. The number of aromatic nitrogens is 2. The Morgan fingerprint density at radius 3 is 3.05 bits per heavy atom. The van der Waals surface area contributed by atoms with Crippen LogP contribution in [-0.2, 0) is 0 Å². The molecule has 1 unspecified atom stereocenters. The van der Waals surface area contributed by atoms with Gasteiger partial charge in [0.05, 0.1) is 11.1 Å². The zero-order valence-electron chi connectivity index (χ0n) is 11.0. The van der Waals surface area contributed by atoms with Gasteiger partial charge in [-0.3, -0.25) is 4.79 Å². The van der Waals surface area contributed by atoms with E-state index >= 15 is 0 Å². The minimum absolute atomic E-state index is 0.0737. The van der Waals surface area contributed by atoms with E-state index in [0.717, 1.165) is 18.5 Å². The fourth-order valence-electron chi connectivity index (χ4n) is 2.43. The summed E-state index contributed by atoms with van der Waals surface area (Å²) in [6, 6.07) is 3.63. The standard InChI is InChI=1S/C14H18N4O/c1-14(9-15,11-3-4-11)17-13(19)10-2-5-12-16-6-7-18(12)8-10/h2,5-8,11H,3-4,9,15H2,1H3,(H,17,19). The molecule has 0 aromatic carbocycles. The van der Waals surface area contributed by atoms with Crippen LogP contribution in [0.4, 0.5) is 0 Å². The van der Waals surface area contributed by atoms with Crippen molar-refractivity contribution >= 4 is 11.6 Å². The molecule has 0 radical (unpaired) electrons. The van der Waals surface area contributed by atoms with Gasteiger partial charge in [0.15, 0.2) is 0 Å². The number of pyridine rings is 1. The molecule has 0 saturated heterocycles. The van der Waals surface area contributed by atoms with E-state index in [9.17, 15) is 4.79 Å². The number of hydrogen-bond donors (Lipinski definition) is 2. The van der Waals surface area contributed by atoms with E-state index in [-0.39, 0.29) is 11.4 Å². The number of carbonyl (C=O) groups is 1. The molecule has 1 atom stereocenters. The summed E-state index contributed by atoms with van der Waals surface area (Å²) in [5.41, 5.74) is 6.99. The van der Waals surface area contributed by atoms with E-state index in [1.165, 1.54) is 0 Å². The highest BCUT2D eigenvalue weighted by Crippen LogP contribution is 2.39. The monoisotopic (exact) mass is 258 g/mol. The van der Waals surface area contributed by atoms with Crippen molar-refractivity contribution in [1.29, 1.82) is 0 Å². The fourth-order valence-corrected chi connectivity index (χ4v) is 2.43. The second-order valence-electron chi connectivity index (χ2n) is 5.46. The summed E-state index contributed by atoms with van der Waals surface area (Å²) in [5.74, 6) is 0.439. The zero-order chi connectivity index (χ0) is 13.5. The van der Waals surface area contributed by atoms with Crippen LogP contribution in [-0.4, -0.2) is 27.4 Å². The Bertz CT molecular complexity index is 617. The van der Waals surface area contributed by atoms with E-state index < -0.39 is 0 Å². The van der Waals surface area contributed by atoms with Crippen molar-refractivity contribution in [2.45, 2.75) is 25.3 Å². The molecule has 1 amide bonds. The van der Waals surface area contributed by atoms with Crippen LogP contribution in [0.2, 0.25) is 0 Å². The molecule has 1 saturated carbocycles. The highest BCUT2D eigenvalue weighted by atomic mass is 16.1. The van der Waals surface area contributed by atoms with Crippen LogP contribution < -0.4 is 11.1 Å². The SMILES string of the molecule is CC(CN)(NC(=O)c1ccc2nccn2c1)C1CC1. The molecule has 3 N–H and O–H groups in total. The molecule has 5 heteroatoms.